The van der Waals surface area contributed by atoms with Gasteiger partial charge < -0.3 is 19.5 Å². The van der Waals surface area contributed by atoms with E-state index >= 15 is 0 Å². The number of ether oxygens (including phenoxy) is 3. The van der Waals surface area contributed by atoms with Crippen molar-refractivity contribution in [2.24, 2.45) is 0 Å². The van der Waals surface area contributed by atoms with Gasteiger partial charge in [0.1, 0.15) is 11.9 Å². The minimum Gasteiger partial charge on any atom is -0.493 e. The summed E-state index contributed by atoms with van der Waals surface area (Å²) in [6.07, 6.45) is 0.0302. The van der Waals surface area contributed by atoms with Crippen LogP contribution in [0, 0.1) is 6.92 Å². The van der Waals surface area contributed by atoms with Crippen molar-refractivity contribution in [3.63, 3.8) is 0 Å². The van der Waals surface area contributed by atoms with Crippen LogP contribution in [0.5, 0.6) is 17.2 Å². The van der Waals surface area contributed by atoms with Crippen LogP contribution in [0.1, 0.15) is 23.6 Å². The van der Waals surface area contributed by atoms with Crippen molar-refractivity contribution in [3.8, 4) is 17.2 Å². The van der Waals surface area contributed by atoms with Gasteiger partial charge in [-0.1, -0.05) is 23.8 Å². The van der Waals surface area contributed by atoms with Crippen molar-refractivity contribution in [1.29, 1.82) is 0 Å². The minimum atomic E-state index is -0.0157. The molecule has 1 atom stereocenters. The average molecular weight is 384 g/mol. The summed E-state index contributed by atoms with van der Waals surface area (Å²) in [7, 11) is 3.20. The molecule has 1 heterocycles. The Morgan fingerprint density at radius 2 is 1.96 bits per heavy atom. The number of nitrogens with zero attached hydrogens (tertiary/aromatic N) is 1. The number of nitrogens with one attached hydrogen (secondary N) is 1. The molecular weight excluding hydrogens is 356 g/mol. The third kappa shape index (κ3) is 4.95. The van der Waals surface area contributed by atoms with Crippen LogP contribution in [0.15, 0.2) is 36.4 Å². The van der Waals surface area contributed by atoms with Crippen molar-refractivity contribution in [2.45, 2.75) is 33.0 Å². The molecule has 6 heteroatoms. The molecule has 150 valence electrons. The van der Waals surface area contributed by atoms with Gasteiger partial charge in [0.15, 0.2) is 11.5 Å². The lowest BCUT2D eigenvalue weighted by atomic mass is 10.1. The average Bonchev–Trinajstić information content (AvgIpc) is 2.82. The zero-order valence-corrected chi connectivity index (χ0v) is 17.0. The van der Waals surface area contributed by atoms with Gasteiger partial charge in [-0.2, -0.15) is 0 Å². The maximum atomic E-state index is 12.5. The van der Waals surface area contributed by atoms with Crippen LogP contribution in [0.25, 0.3) is 0 Å². The number of fused-ring (bicyclic) bond motifs is 1. The maximum absolute atomic E-state index is 12.5. The van der Waals surface area contributed by atoms with Gasteiger partial charge in [0, 0.05) is 25.2 Å². The van der Waals surface area contributed by atoms with E-state index in [1.807, 2.05) is 31.2 Å². The highest BCUT2D eigenvalue weighted by molar-refractivity contribution is 5.78. The molecule has 0 aromatic heterocycles. The predicted octanol–water partition coefficient (Wildman–Crippen LogP) is 2.91. The topological polar surface area (TPSA) is 60.0 Å². The van der Waals surface area contributed by atoms with Gasteiger partial charge in [-0.25, -0.2) is 0 Å². The normalized spacial score (nSPS) is 16.5. The van der Waals surface area contributed by atoms with Crippen LogP contribution >= 0.6 is 0 Å². The predicted molar refractivity (Wildman–Crippen MR) is 108 cm³/mol. The summed E-state index contributed by atoms with van der Waals surface area (Å²) < 4.78 is 16.6. The minimum absolute atomic E-state index is 0.0157. The zero-order valence-electron chi connectivity index (χ0n) is 17.0. The number of hydrogen-bond donors (Lipinski definition) is 1. The number of aryl methyl sites for hydroxylation is 1. The summed E-state index contributed by atoms with van der Waals surface area (Å²) in [5.74, 6) is 2.22. The summed E-state index contributed by atoms with van der Waals surface area (Å²) in [5, 5.41) is 2.99. The van der Waals surface area contributed by atoms with Crippen molar-refractivity contribution >= 4 is 5.91 Å². The summed E-state index contributed by atoms with van der Waals surface area (Å²) in [6, 6.07) is 11.8. The van der Waals surface area contributed by atoms with Gasteiger partial charge in [0.25, 0.3) is 0 Å². The lowest BCUT2D eigenvalue weighted by molar-refractivity contribution is -0.122. The molecule has 1 N–H and O–H groups in total. The lowest BCUT2D eigenvalue weighted by Gasteiger charge is -2.21. The smallest absolute Gasteiger partial charge is 0.234 e. The molecule has 0 unspecified atom stereocenters. The molecular formula is C22H28N2O4. The van der Waals surface area contributed by atoms with E-state index in [4.69, 9.17) is 14.2 Å². The van der Waals surface area contributed by atoms with Crippen LogP contribution < -0.4 is 19.5 Å². The van der Waals surface area contributed by atoms with Crippen molar-refractivity contribution < 1.29 is 19.0 Å². The van der Waals surface area contributed by atoms with E-state index in [1.54, 1.807) is 14.2 Å². The maximum Gasteiger partial charge on any atom is 0.234 e. The molecule has 2 aromatic rings. The van der Waals surface area contributed by atoms with Crippen LogP contribution in [0.3, 0.4) is 0 Å². The Balaban J connectivity index is 1.60. The second kappa shape index (κ2) is 8.97. The van der Waals surface area contributed by atoms with E-state index < -0.39 is 0 Å². The van der Waals surface area contributed by atoms with Gasteiger partial charge in [-0.3, -0.25) is 9.69 Å². The van der Waals surface area contributed by atoms with E-state index in [0.29, 0.717) is 37.7 Å². The largest absolute Gasteiger partial charge is 0.493 e. The Morgan fingerprint density at radius 3 is 2.71 bits per heavy atom. The fourth-order valence-corrected chi connectivity index (χ4v) is 3.44. The summed E-state index contributed by atoms with van der Waals surface area (Å²) >= 11 is 0. The summed E-state index contributed by atoms with van der Waals surface area (Å²) in [4.78, 5) is 14.6. The van der Waals surface area contributed by atoms with E-state index in [-0.39, 0.29) is 12.0 Å². The Bertz CT molecular complexity index is 837. The van der Waals surface area contributed by atoms with E-state index in [2.05, 4.69) is 29.3 Å². The van der Waals surface area contributed by atoms with E-state index in [1.165, 1.54) is 5.56 Å². The summed E-state index contributed by atoms with van der Waals surface area (Å²) in [5.41, 5.74) is 3.27. The summed E-state index contributed by atoms with van der Waals surface area (Å²) in [6.45, 7) is 6.27. The molecule has 0 radical (unpaired) electrons. The highest BCUT2D eigenvalue weighted by Crippen LogP contribution is 2.28. The molecule has 1 amide bonds. The number of rotatable bonds is 6. The third-order valence-electron chi connectivity index (χ3n) is 4.76. The molecule has 0 bridgehead atoms. The monoisotopic (exact) mass is 384 g/mol. The number of benzene rings is 2. The van der Waals surface area contributed by atoms with Crippen LogP contribution in [0.2, 0.25) is 0 Å². The Labute approximate surface area is 166 Å². The Kier molecular flexibility index (Phi) is 6.41. The first-order chi connectivity index (χ1) is 13.5. The first kappa shape index (κ1) is 20.0. The number of methoxy groups -OCH3 is 2. The van der Waals surface area contributed by atoms with Gasteiger partial charge >= 0.3 is 0 Å². The molecule has 0 aliphatic carbocycles. The molecule has 6 nitrogen and oxygen atoms in total. The van der Waals surface area contributed by atoms with Gasteiger partial charge in [0.2, 0.25) is 5.91 Å². The fourth-order valence-electron chi connectivity index (χ4n) is 3.44. The lowest BCUT2D eigenvalue weighted by Crippen LogP contribution is -2.39. The molecule has 28 heavy (non-hydrogen) atoms. The van der Waals surface area contributed by atoms with Crippen LogP contribution in [0.4, 0.5) is 0 Å². The van der Waals surface area contributed by atoms with Crippen molar-refractivity contribution in [1.82, 2.24) is 10.2 Å². The second-order valence-corrected chi connectivity index (χ2v) is 7.18. The highest BCUT2D eigenvalue weighted by atomic mass is 16.5. The molecule has 0 saturated heterocycles. The number of amides is 1. The molecule has 3 rings (SSSR count). The number of hydrogen-bond acceptors (Lipinski definition) is 5. The zero-order chi connectivity index (χ0) is 20.1. The van der Waals surface area contributed by atoms with Crippen molar-refractivity contribution in [2.75, 3.05) is 27.3 Å². The van der Waals surface area contributed by atoms with Gasteiger partial charge in [0.05, 0.1) is 20.8 Å². The van der Waals surface area contributed by atoms with Gasteiger partial charge in [-0.05, 0) is 37.6 Å². The Hall–Kier alpha value is -2.73. The fraction of sp³-hybridized carbons (Fsp3) is 0.409. The molecule has 0 saturated carbocycles. The first-order valence-electron chi connectivity index (χ1n) is 9.44. The number of carbonyl (C=O) groups is 1. The highest BCUT2D eigenvalue weighted by Gasteiger charge is 2.22. The quantitative estimate of drug-likeness (QED) is 0.830. The first-order valence-corrected chi connectivity index (χ1v) is 9.44. The van der Waals surface area contributed by atoms with Crippen LogP contribution in [-0.4, -0.2) is 44.2 Å². The van der Waals surface area contributed by atoms with Crippen LogP contribution in [-0.2, 0) is 17.9 Å². The molecule has 0 fully saturated rings. The molecule has 1 aliphatic heterocycles. The molecule has 1 aliphatic rings. The standard InChI is InChI=1S/C22H28N2O4/c1-15-5-7-19-18(9-15)13-24(12-16(2)28-19)14-22(25)23-11-17-6-8-20(26-3)21(10-17)27-4/h5-10,16H,11-14H2,1-4H3,(H,23,25)/t16-/m0/s1. The van der Waals surface area contributed by atoms with Gasteiger partial charge in [-0.15, -0.1) is 0 Å². The Morgan fingerprint density at radius 1 is 1.18 bits per heavy atom. The SMILES string of the molecule is COc1ccc(CNC(=O)CN2Cc3cc(C)ccc3O[C@@H](C)C2)cc1OC. The van der Waals surface area contributed by atoms with E-state index in [0.717, 1.165) is 16.9 Å². The second-order valence-electron chi connectivity index (χ2n) is 7.18. The van der Waals surface area contributed by atoms with E-state index in [9.17, 15) is 4.79 Å². The number of carbonyl (C=O) groups excluding carboxylic acids is 1. The molecule has 2 aromatic carbocycles. The third-order valence-corrected chi connectivity index (χ3v) is 4.76. The van der Waals surface area contributed by atoms with Crippen molar-refractivity contribution in [3.05, 3.63) is 53.1 Å². The molecule has 0 spiro atoms.